The Kier molecular flexibility index (Phi) is 6.07. The van der Waals surface area contributed by atoms with Crippen LogP contribution in [0.1, 0.15) is 30.9 Å². The summed E-state index contributed by atoms with van der Waals surface area (Å²) in [5.41, 5.74) is 2.32. The molecule has 2 aromatic carbocycles. The summed E-state index contributed by atoms with van der Waals surface area (Å²) in [6.45, 7) is 3.80. The van der Waals surface area contributed by atoms with E-state index in [0.717, 1.165) is 0 Å². The predicted molar refractivity (Wildman–Crippen MR) is 90.2 cm³/mol. The summed E-state index contributed by atoms with van der Waals surface area (Å²) in [6, 6.07) is 13.2. The molecule has 0 saturated carbocycles. The lowest BCUT2D eigenvalue weighted by Crippen LogP contribution is -2.21. The number of carbonyl (C=O) groups is 2. The van der Waals surface area contributed by atoms with Crippen molar-refractivity contribution in [3.05, 3.63) is 65.5 Å². The average molecular weight is 329 g/mol. The minimum absolute atomic E-state index is 0.0753. The van der Waals surface area contributed by atoms with Gasteiger partial charge in [0.05, 0.1) is 6.42 Å². The normalized spacial score (nSPS) is 10.5. The van der Waals surface area contributed by atoms with Gasteiger partial charge in [0.15, 0.2) is 6.61 Å². The summed E-state index contributed by atoms with van der Waals surface area (Å²) >= 11 is 0. The number of ether oxygens (including phenoxy) is 1. The molecule has 0 aliphatic heterocycles. The smallest absolute Gasteiger partial charge is 0.310 e. The average Bonchev–Trinajstić information content (AvgIpc) is 2.53. The summed E-state index contributed by atoms with van der Waals surface area (Å²) in [5, 5.41) is 2.66. The lowest BCUT2D eigenvalue weighted by molar-refractivity contribution is -0.146. The zero-order chi connectivity index (χ0) is 17.5. The van der Waals surface area contributed by atoms with E-state index in [1.165, 1.54) is 23.8 Å². The number of hydrogen-bond donors (Lipinski definition) is 1. The Labute approximate surface area is 140 Å². The van der Waals surface area contributed by atoms with E-state index in [2.05, 4.69) is 19.2 Å². The van der Waals surface area contributed by atoms with E-state index in [0.29, 0.717) is 17.2 Å². The topological polar surface area (TPSA) is 55.4 Å². The summed E-state index contributed by atoms with van der Waals surface area (Å²) in [5.74, 6) is -0.993. The molecule has 4 nitrogen and oxygen atoms in total. The van der Waals surface area contributed by atoms with E-state index >= 15 is 0 Å². The summed E-state index contributed by atoms with van der Waals surface area (Å²) in [7, 11) is 0. The van der Waals surface area contributed by atoms with Crippen molar-refractivity contribution in [3.8, 4) is 0 Å². The van der Waals surface area contributed by atoms with Crippen molar-refractivity contribution in [1.82, 2.24) is 0 Å². The Bertz CT molecular complexity index is 711. The molecule has 0 saturated heterocycles. The second-order valence-electron chi connectivity index (χ2n) is 5.79. The van der Waals surface area contributed by atoms with Crippen LogP contribution in [0.15, 0.2) is 48.5 Å². The molecule has 1 N–H and O–H groups in total. The number of esters is 1. The van der Waals surface area contributed by atoms with Crippen LogP contribution in [0.2, 0.25) is 0 Å². The van der Waals surface area contributed by atoms with E-state index in [4.69, 9.17) is 4.74 Å². The molecule has 0 atom stereocenters. The summed E-state index contributed by atoms with van der Waals surface area (Å²) < 4.78 is 17.9. The highest BCUT2D eigenvalue weighted by atomic mass is 19.1. The van der Waals surface area contributed by atoms with Crippen LogP contribution < -0.4 is 5.32 Å². The lowest BCUT2D eigenvalue weighted by Gasteiger charge is -2.09. The Morgan fingerprint density at radius 2 is 1.83 bits per heavy atom. The fraction of sp³-hybridized carbons (Fsp3) is 0.263. The number of anilines is 1. The molecule has 2 aromatic rings. The van der Waals surface area contributed by atoms with Gasteiger partial charge in [-0.05, 0) is 41.3 Å². The van der Waals surface area contributed by atoms with Crippen molar-refractivity contribution in [2.24, 2.45) is 0 Å². The van der Waals surface area contributed by atoms with E-state index in [-0.39, 0.29) is 13.0 Å². The van der Waals surface area contributed by atoms with E-state index in [1.54, 1.807) is 6.07 Å². The fourth-order valence-electron chi connectivity index (χ4n) is 2.16. The third kappa shape index (κ3) is 5.50. The second kappa shape index (κ2) is 8.24. The molecule has 0 unspecified atom stereocenters. The maximum atomic E-state index is 13.0. The molecule has 0 fully saturated rings. The van der Waals surface area contributed by atoms with Crippen molar-refractivity contribution in [2.45, 2.75) is 26.2 Å². The second-order valence-corrected chi connectivity index (χ2v) is 5.79. The largest absolute Gasteiger partial charge is 0.455 e. The molecular formula is C19H20FNO3. The van der Waals surface area contributed by atoms with Gasteiger partial charge in [0.2, 0.25) is 0 Å². The summed E-state index contributed by atoms with van der Waals surface area (Å²) in [6.07, 6.45) is -0.0753. The highest BCUT2D eigenvalue weighted by molar-refractivity contribution is 5.92. The van der Waals surface area contributed by atoms with Gasteiger partial charge in [0.25, 0.3) is 5.91 Å². The minimum Gasteiger partial charge on any atom is -0.455 e. The van der Waals surface area contributed by atoms with Crippen LogP contribution in [0.25, 0.3) is 0 Å². The first kappa shape index (κ1) is 17.7. The molecule has 0 heterocycles. The SMILES string of the molecule is CC(C)c1ccc(NC(=O)COC(=O)Cc2cccc(F)c2)cc1. The van der Waals surface area contributed by atoms with Crippen molar-refractivity contribution < 1.29 is 18.7 Å². The quantitative estimate of drug-likeness (QED) is 0.823. The predicted octanol–water partition coefficient (Wildman–Crippen LogP) is 3.67. The number of benzene rings is 2. The van der Waals surface area contributed by atoms with Crippen molar-refractivity contribution in [3.63, 3.8) is 0 Å². The van der Waals surface area contributed by atoms with Gasteiger partial charge in [-0.2, -0.15) is 0 Å². The van der Waals surface area contributed by atoms with Crippen LogP contribution in [0, 0.1) is 5.82 Å². The Morgan fingerprint density at radius 1 is 1.12 bits per heavy atom. The van der Waals surface area contributed by atoms with Gasteiger partial charge >= 0.3 is 5.97 Å². The molecule has 0 spiro atoms. The number of amides is 1. The van der Waals surface area contributed by atoms with Gasteiger partial charge in [0.1, 0.15) is 5.82 Å². The molecule has 0 aliphatic rings. The number of halogens is 1. The standard InChI is InChI=1S/C19H20FNO3/c1-13(2)15-6-8-17(9-7-15)21-18(22)12-24-19(23)11-14-4-3-5-16(20)10-14/h3-10,13H,11-12H2,1-2H3,(H,21,22). The zero-order valence-electron chi connectivity index (χ0n) is 13.7. The van der Waals surface area contributed by atoms with E-state index in [9.17, 15) is 14.0 Å². The molecule has 5 heteroatoms. The van der Waals surface area contributed by atoms with Crippen LogP contribution in [-0.4, -0.2) is 18.5 Å². The molecule has 0 aromatic heterocycles. The highest BCUT2D eigenvalue weighted by Gasteiger charge is 2.09. The van der Waals surface area contributed by atoms with Gasteiger partial charge < -0.3 is 10.1 Å². The van der Waals surface area contributed by atoms with E-state index < -0.39 is 17.7 Å². The van der Waals surface area contributed by atoms with E-state index in [1.807, 2.05) is 24.3 Å². The monoisotopic (exact) mass is 329 g/mol. The fourth-order valence-corrected chi connectivity index (χ4v) is 2.16. The van der Waals surface area contributed by atoms with Crippen LogP contribution in [-0.2, 0) is 20.7 Å². The number of rotatable bonds is 6. The first-order valence-corrected chi connectivity index (χ1v) is 7.74. The van der Waals surface area contributed by atoms with Gasteiger partial charge in [-0.1, -0.05) is 38.1 Å². The van der Waals surface area contributed by atoms with Crippen LogP contribution in [0.5, 0.6) is 0 Å². The molecule has 2 rings (SSSR count). The highest BCUT2D eigenvalue weighted by Crippen LogP contribution is 2.17. The molecule has 0 radical (unpaired) electrons. The minimum atomic E-state index is -0.578. The Morgan fingerprint density at radius 3 is 2.46 bits per heavy atom. The molecule has 1 amide bonds. The maximum absolute atomic E-state index is 13.0. The lowest BCUT2D eigenvalue weighted by atomic mass is 10.0. The summed E-state index contributed by atoms with van der Waals surface area (Å²) in [4.78, 5) is 23.5. The third-order valence-electron chi connectivity index (χ3n) is 3.46. The maximum Gasteiger partial charge on any atom is 0.310 e. The van der Waals surface area contributed by atoms with Gasteiger partial charge in [-0.15, -0.1) is 0 Å². The van der Waals surface area contributed by atoms with Crippen LogP contribution in [0.4, 0.5) is 10.1 Å². The Hall–Kier alpha value is -2.69. The third-order valence-corrected chi connectivity index (χ3v) is 3.46. The molecule has 126 valence electrons. The molecular weight excluding hydrogens is 309 g/mol. The van der Waals surface area contributed by atoms with Crippen molar-refractivity contribution in [1.29, 1.82) is 0 Å². The molecule has 0 bridgehead atoms. The van der Waals surface area contributed by atoms with Crippen LogP contribution >= 0.6 is 0 Å². The number of nitrogens with one attached hydrogen (secondary N) is 1. The number of hydrogen-bond acceptors (Lipinski definition) is 3. The van der Waals surface area contributed by atoms with Gasteiger partial charge in [-0.3, -0.25) is 9.59 Å². The Balaban J connectivity index is 1.79. The van der Waals surface area contributed by atoms with Crippen molar-refractivity contribution in [2.75, 3.05) is 11.9 Å². The number of carbonyl (C=O) groups excluding carboxylic acids is 2. The first-order valence-electron chi connectivity index (χ1n) is 7.74. The van der Waals surface area contributed by atoms with Crippen molar-refractivity contribution >= 4 is 17.6 Å². The zero-order valence-corrected chi connectivity index (χ0v) is 13.7. The van der Waals surface area contributed by atoms with Gasteiger partial charge in [-0.25, -0.2) is 4.39 Å². The van der Waals surface area contributed by atoms with Gasteiger partial charge in [0, 0.05) is 5.69 Å². The molecule has 24 heavy (non-hydrogen) atoms. The molecule has 0 aliphatic carbocycles. The first-order chi connectivity index (χ1) is 11.4. The van der Waals surface area contributed by atoms with Crippen LogP contribution in [0.3, 0.4) is 0 Å².